The highest BCUT2D eigenvalue weighted by Gasteiger charge is 2.12. The summed E-state index contributed by atoms with van der Waals surface area (Å²) >= 11 is 0. The number of benzene rings is 3. The van der Waals surface area contributed by atoms with E-state index in [1.165, 1.54) is 30.5 Å². The minimum Gasteiger partial charge on any atom is -0.494 e. The summed E-state index contributed by atoms with van der Waals surface area (Å²) in [6, 6.07) is 19.4. The smallest absolute Gasteiger partial charge is 0.271 e. The van der Waals surface area contributed by atoms with Crippen molar-refractivity contribution < 1.29 is 18.7 Å². The van der Waals surface area contributed by atoms with E-state index in [1.807, 2.05) is 24.3 Å². The summed E-state index contributed by atoms with van der Waals surface area (Å²) in [7, 11) is 0. The molecule has 0 fully saturated rings. The molecule has 3 rings (SSSR count). The third-order valence-electron chi connectivity index (χ3n) is 4.78. The number of nitrogens with zero attached hydrogens (tertiary/aromatic N) is 1. The Balaban J connectivity index is 1.54. The molecule has 0 saturated heterocycles. The molecular formula is C26H26FN3O3. The van der Waals surface area contributed by atoms with E-state index in [9.17, 15) is 14.0 Å². The standard InChI is InChI=1S/C26H26FN3O3/c1-2-3-6-16-33-22-14-12-19(13-15-22)18-28-30-25(31)20-8-7-9-21(17-20)29-26(32)23-10-4-5-11-24(23)27/h4-5,7-15,17-18H,2-3,6,16H2,1H3,(H,29,32)(H,30,31)/b28-18-. The topological polar surface area (TPSA) is 79.8 Å². The zero-order valence-corrected chi connectivity index (χ0v) is 18.4. The predicted octanol–water partition coefficient (Wildman–Crippen LogP) is 5.41. The van der Waals surface area contributed by atoms with Crippen molar-refractivity contribution in [2.45, 2.75) is 26.2 Å². The normalized spacial score (nSPS) is 10.7. The summed E-state index contributed by atoms with van der Waals surface area (Å²) in [5, 5.41) is 6.58. The highest BCUT2D eigenvalue weighted by molar-refractivity contribution is 6.05. The van der Waals surface area contributed by atoms with Gasteiger partial charge in [-0.05, 0) is 66.6 Å². The van der Waals surface area contributed by atoms with Gasteiger partial charge >= 0.3 is 0 Å². The number of unbranched alkanes of at least 4 members (excludes halogenated alkanes) is 2. The lowest BCUT2D eigenvalue weighted by Gasteiger charge is -2.08. The summed E-state index contributed by atoms with van der Waals surface area (Å²) < 4.78 is 19.5. The SMILES string of the molecule is CCCCCOc1ccc(/C=N\NC(=O)c2cccc(NC(=O)c3ccccc3F)c2)cc1. The van der Waals surface area contributed by atoms with Crippen molar-refractivity contribution in [1.82, 2.24) is 5.43 Å². The van der Waals surface area contributed by atoms with Crippen LogP contribution in [0.5, 0.6) is 5.75 Å². The fourth-order valence-electron chi connectivity index (χ4n) is 3.00. The van der Waals surface area contributed by atoms with E-state index in [0.717, 1.165) is 30.6 Å². The van der Waals surface area contributed by atoms with Crippen molar-refractivity contribution in [3.05, 3.63) is 95.3 Å². The first-order chi connectivity index (χ1) is 16.1. The molecule has 0 saturated carbocycles. The lowest BCUT2D eigenvalue weighted by Crippen LogP contribution is -2.18. The van der Waals surface area contributed by atoms with E-state index in [-0.39, 0.29) is 5.56 Å². The third-order valence-corrected chi connectivity index (χ3v) is 4.78. The molecule has 0 aliphatic carbocycles. The zero-order chi connectivity index (χ0) is 23.5. The van der Waals surface area contributed by atoms with Crippen molar-refractivity contribution in [1.29, 1.82) is 0 Å². The highest BCUT2D eigenvalue weighted by Crippen LogP contribution is 2.15. The second kappa shape index (κ2) is 12.1. The molecule has 7 heteroatoms. The van der Waals surface area contributed by atoms with E-state index < -0.39 is 17.6 Å². The average Bonchev–Trinajstić information content (AvgIpc) is 2.83. The minimum absolute atomic E-state index is 0.0747. The first-order valence-corrected chi connectivity index (χ1v) is 10.8. The number of anilines is 1. The van der Waals surface area contributed by atoms with Gasteiger partial charge in [-0.2, -0.15) is 5.10 Å². The van der Waals surface area contributed by atoms with Crippen LogP contribution in [0.2, 0.25) is 0 Å². The molecule has 0 unspecified atom stereocenters. The molecule has 2 N–H and O–H groups in total. The number of carbonyl (C=O) groups is 2. The van der Waals surface area contributed by atoms with Gasteiger partial charge in [-0.25, -0.2) is 9.82 Å². The molecule has 0 radical (unpaired) electrons. The van der Waals surface area contributed by atoms with Gasteiger partial charge in [-0.1, -0.05) is 38.0 Å². The monoisotopic (exact) mass is 447 g/mol. The van der Waals surface area contributed by atoms with Crippen LogP contribution in [0.4, 0.5) is 10.1 Å². The Kier molecular flexibility index (Phi) is 8.71. The number of hydrogen-bond acceptors (Lipinski definition) is 4. The van der Waals surface area contributed by atoms with Crippen LogP contribution in [0.3, 0.4) is 0 Å². The molecule has 3 aromatic carbocycles. The lowest BCUT2D eigenvalue weighted by atomic mass is 10.1. The summed E-state index contributed by atoms with van der Waals surface area (Å²) in [4.78, 5) is 24.7. The highest BCUT2D eigenvalue weighted by atomic mass is 19.1. The molecule has 3 aromatic rings. The van der Waals surface area contributed by atoms with Crippen molar-refractivity contribution in [3.8, 4) is 5.75 Å². The quantitative estimate of drug-likeness (QED) is 0.248. The molecule has 33 heavy (non-hydrogen) atoms. The molecule has 0 aromatic heterocycles. The number of rotatable bonds is 10. The van der Waals surface area contributed by atoms with Crippen molar-refractivity contribution >= 4 is 23.7 Å². The number of hydrogen-bond donors (Lipinski definition) is 2. The average molecular weight is 448 g/mol. The maximum absolute atomic E-state index is 13.8. The van der Waals surface area contributed by atoms with Crippen LogP contribution in [0.1, 0.15) is 52.5 Å². The summed E-state index contributed by atoms with van der Waals surface area (Å²) in [5.41, 5.74) is 3.86. The molecule has 0 bridgehead atoms. The molecule has 0 aliphatic rings. The van der Waals surface area contributed by atoms with Gasteiger partial charge in [0.1, 0.15) is 11.6 Å². The lowest BCUT2D eigenvalue weighted by molar-refractivity contribution is 0.0953. The molecular weight excluding hydrogens is 421 g/mol. The summed E-state index contributed by atoms with van der Waals surface area (Å²) in [6.45, 7) is 2.84. The minimum atomic E-state index is -0.616. The molecule has 0 aliphatic heterocycles. The number of halogens is 1. The molecule has 0 heterocycles. The maximum atomic E-state index is 13.8. The van der Waals surface area contributed by atoms with Gasteiger partial charge in [0, 0.05) is 11.3 Å². The molecule has 170 valence electrons. The van der Waals surface area contributed by atoms with Gasteiger partial charge in [0.05, 0.1) is 18.4 Å². The Morgan fingerprint density at radius 1 is 0.970 bits per heavy atom. The van der Waals surface area contributed by atoms with Crippen LogP contribution in [0.25, 0.3) is 0 Å². The van der Waals surface area contributed by atoms with Crippen molar-refractivity contribution in [2.75, 3.05) is 11.9 Å². The van der Waals surface area contributed by atoms with Crippen LogP contribution in [-0.4, -0.2) is 24.6 Å². The Morgan fingerprint density at radius 3 is 2.52 bits per heavy atom. The van der Waals surface area contributed by atoms with Gasteiger partial charge in [0.25, 0.3) is 11.8 Å². The maximum Gasteiger partial charge on any atom is 0.271 e. The van der Waals surface area contributed by atoms with Gasteiger partial charge in [0.2, 0.25) is 0 Å². The first-order valence-electron chi connectivity index (χ1n) is 10.8. The number of nitrogens with one attached hydrogen (secondary N) is 2. The second-order valence-corrected chi connectivity index (χ2v) is 7.34. The Morgan fingerprint density at radius 2 is 1.76 bits per heavy atom. The summed E-state index contributed by atoms with van der Waals surface area (Å²) in [5.74, 6) is -0.860. The predicted molar refractivity (Wildman–Crippen MR) is 127 cm³/mol. The largest absolute Gasteiger partial charge is 0.494 e. The van der Waals surface area contributed by atoms with Crippen LogP contribution < -0.4 is 15.5 Å². The fourth-order valence-corrected chi connectivity index (χ4v) is 3.00. The number of amides is 2. The van der Waals surface area contributed by atoms with Crippen molar-refractivity contribution in [3.63, 3.8) is 0 Å². The molecule has 2 amide bonds. The van der Waals surface area contributed by atoms with E-state index in [2.05, 4.69) is 22.8 Å². The van der Waals surface area contributed by atoms with E-state index in [0.29, 0.717) is 17.9 Å². The molecule has 0 atom stereocenters. The number of carbonyl (C=O) groups excluding carboxylic acids is 2. The zero-order valence-electron chi connectivity index (χ0n) is 18.4. The van der Waals surface area contributed by atoms with Gasteiger partial charge < -0.3 is 10.1 Å². The summed E-state index contributed by atoms with van der Waals surface area (Å²) in [6.07, 6.45) is 4.85. The van der Waals surface area contributed by atoms with Crippen LogP contribution in [-0.2, 0) is 0 Å². The van der Waals surface area contributed by atoms with E-state index in [4.69, 9.17) is 4.74 Å². The fraction of sp³-hybridized carbons (Fsp3) is 0.192. The van der Waals surface area contributed by atoms with Gasteiger partial charge in [-0.3, -0.25) is 9.59 Å². The number of ether oxygens (including phenoxy) is 1. The van der Waals surface area contributed by atoms with Gasteiger partial charge in [0.15, 0.2) is 0 Å². The Bertz CT molecular complexity index is 1110. The van der Waals surface area contributed by atoms with E-state index >= 15 is 0 Å². The third kappa shape index (κ3) is 7.28. The molecule has 6 nitrogen and oxygen atoms in total. The first kappa shape index (κ1) is 23.7. The number of hydrazone groups is 1. The Hall–Kier alpha value is -4.00. The van der Waals surface area contributed by atoms with E-state index in [1.54, 1.807) is 24.3 Å². The van der Waals surface area contributed by atoms with Crippen LogP contribution >= 0.6 is 0 Å². The van der Waals surface area contributed by atoms with Crippen LogP contribution in [0.15, 0.2) is 77.9 Å². The Labute approximate surface area is 192 Å². The van der Waals surface area contributed by atoms with Crippen LogP contribution in [0, 0.1) is 5.82 Å². The molecule has 0 spiro atoms. The second-order valence-electron chi connectivity index (χ2n) is 7.34. The van der Waals surface area contributed by atoms with Gasteiger partial charge in [-0.15, -0.1) is 0 Å². The van der Waals surface area contributed by atoms with Crippen molar-refractivity contribution in [2.24, 2.45) is 5.10 Å².